The monoisotopic (exact) mass is 371 g/mol. The van der Waals surface area contributed by atoms with Crippen molar-refractivity contribution in [2.75, 3.05) is 52.9 Å². The molecule has 0 aromatic carbocycles. The molecule has 1 aliphatic heterocycles. The Morgan fingerprint density at radius 3 is 1.81 bits per heavy atom. The molecule has 0 spiro atoms. The fraction of sp³-hybridized carbons (Fsp3) is 0.706. The van der Waals surface area contributed by atoms with Gasteiger partial charge in [0.15, 0.2) is 0 Å². The lowest BCUT2D eigenvalue weighted by Crippen LogP contribution is -2.32. The van der Waals surface area contributed by atoms with Gasteiger partial charge < -0.3 is 23.8 Å². The molecule has 0 radical (unpaired) electrons. The summed E-state index contributed by atoms with van der Waals surface area (Å²) in [5.74, 6) is 0.791. The quantitative estimate of drug-likeness (QED) is 0.227. The minimum atomic E-state index is -0.688. The third-order valence-electron chi connectivity index (χ3n) is 3.16. The number of terminal acetylenes is 1. The minimum Gasteiger partial charge on any atom is -0.378 e. The normalized spacial score (nSPS) is 13.9. The Labute approximate surface area is 152 Å². The number of hydrogen-bond donors (Lipinski definition) is 0. The van der Waals surface area contributed by atoms with E-state index >= 15 is 0 Å². The summed E-state index contributed by atoms with van der Waals surface area (Å²) in [5.41, 5.74) is 0. The molecule has 9 nitrogen and oxygen atoms in total. The van der Waals surface area contributed by atoms with E-state index in [9.17, 15) is 14.4 Å². The van der Waals surface area contributed by atoms with Crippen LogP contribution < -0.4 is 0 Å². The van der Waals surface area contributed by atoms with Gasteiger partial charge in [0.25, 0.3) is 11.8 Å². The summed E-state index contributed by atoms with van der Waals surface area (Å²) in [4.78, 5) is 38.7. The van der Waals surface area contributed by atoms with Gasteiger partial charge in [-0.3, -0.25) is 9.59 Å². The van der Waals surface area contributed by atoms with Crippen molar-refractivity contribution in [2.45, 2.75) is 25.7 Å². The highest BCUT2D eigenvalue weighted by atomic mass is 16.7. The summed E-state index contributed by atoms with van der Waals surface area (Å²) in [5, 5.41) is 0.519. The van der Waals surface area contributed by atoms with Crippen LogP contribution in [0.1, 0.15) is 25.7 Å². The summed E-state index contributed by atoms with van der Waals surface area (Å²) < 4.78 is 21.0. The van der Waals surface area contributed by atoms with Gasteiger partial charge in [0, 0.05) is 19.3 Å². The van der Waals surface area contributed by atoms with Crippen LogP contribution in [-0.2, 0) is 38.2 Å². The maximum atomic E-state index is 11.5. The van der Waals surface area contributed by atoms with Crippen LogP contribution in [0.15, 0.2) is 0 Å². The number of nitrogens with zero attached hydrogens (tertiary/aromatic N) is 1. The van der Waals surface area contributed by atoms with Crippen molar-refractivity contribution in [1.82, 2.24) is 5.06 Å². The molecule has 26 heavy (non-hydrogen) atoms. The fourth-order valence-corrected chi connectivity index (χ4v) is 1.85. The lowest BCUT2D eigenvalue weighted by atomic mass is 10.4. The third-order valence-corrected chi connectivity index (χ3v) is 3.16. The van der Waals surface area contributed by atoms with Crippen molar-refractivity contribution in [3.8, 4) is 12.3 Å². The highest BCUT2D eigenvalue weighted by Gasteiger charge is 2.32. The predicted molar refractivity (Wildman–Crippen MR) is 88.5 cm³/mol. The molecular formula is C17H25NO8. The van der Waals surface area contributed by atoms with E-state index in [-0.39, 0.29) is 25.9 Å². The average molecular weight is 371 g/mol. The molecule has 0 bridgehead atoms. The van der Waals surface area contributed by atoms with Crippen molar-refractivity contribution in [2.24, 2.45) is 0 Å². The van der Waals surface area contributed by atoms with Gasteiger partial charge in [-0.25, -0.2) is 4.79 Å². The molecule has 1 fully saturated rings. The molecule has 0 atom stereocenters. The summed E-state index contributed by atoms with van der Waals surface area (Å²) in [7, 11) is 0. The van der Waals surface area contributed by atoms with Crippen molar-refractivity contribution in [3.63, 3.8) is 0 Å². The van der Waals surface area contributed by atoms with Crippen LogP contribution in [0.4, 0.5) is 0 Å². The largest absolute Gasteiger partial charge is 0.378 e. The number of carbonyl (C=O) groups excluding carboxylic acids is 3. The van der Waals surface area contributed by atoms with Crippen LogP contribution in [0.25, 0.3) is 0 Å². The van der Waals surface area contributed by atoms with E-state index in [2.05, 4.69) is 5.92 Å². The first-order chi connectivity index (χ1) is 12.6. The van der Waals surface area contributed by atoms with Crippen LogP contribution in [0.5, 0.6) is 0 Å². The van der Waals surface area contributed by atoms with Crippen LogP contribution in [-0.4, -0.2) is 75.7 Å². The van der Waals surface area contributed by atoms with Crippen LogP contribution in [0.2, 0.25) is 0 Å². The van der Waals surface area contributed by atoms with E-state index < -0.39 is 17.8 Å². The molecule has 9 heteroatoms. The van der Waals surface area contributed by atoms with E-state index in [1.54, 1.807) is 0 Å². The second kappa shape index (κ2) is 14.2. The zero-order chi connectivity index (χ0) is 19.0. The first-order valence-corrected chi connectivity index (χ1v) is 8.46. The second-order valence-corrected chi connectivity index (χ2v) is 5.20. The summed E-state index contributed by atoms with van der Waals surface area (Å²) in [6, 6.07) is 0. The lowest BCUT2D eigenvalue weighted by molar-refractivity contribution is -0.198. The standard InChI is InChI=1S/C17H25NO8/c1-2-3-7-22-9-11-24-13-14-25-12-10-23-8-6-17(21)26-18-15(19)4-5-16(18)20/h1H,3-14H2. The molecule has 1 aliphatic rings. The van der Waals surface area contributed by atoms with E-state index in [1.807, 2.05) is 0 Å². The van der Waals surface area contributed by atoms with Crippen molar-refractivity contribution in [3.05, 3.63) is 0 Å². The maximum absolute atomic E-state index is 11.5. The Bertz CT molecular complexity index is 472. The summed E-state index contributed by atoms with van der Waals surface area (Å²) in [6.45, 7) is 3.17. The SMILES string of the molecule is C#CCCOCCOCCOCCOCCC(=O)ON1C(=O)CCC1=O. The molecule has 0 saturated carbocycles. The Balaban J connectivity index is 1.83. The highest BCUT2D eigenvalue weighted by molar-refractivity contribution is 6.01. The van der Waals surface area contributed by atoms with Gasteiger partial charge in [0.2, 0.25) is 0 Å². The van der Waals surface area contributed by atoms with Crippen molar-refractivity contribution in [1.29, 1.82) is 0 Å². The molecule has 1 heterocycles. The average Bonchev–Trinajstić information content (AvgIpc) is 2.94. The lowest BCUT2D eigenvalue weighted by Gasteiger charge is -2.12. The molecule has 0 aliphatic carbocycles. The molecule has 146 valence electrons. The summed E-state index contributed by atoms with van der Waals surface area (Å²) >= 11 is 0. The molecule has 1 rings (SSSR count). The van der Waals surface area contributed by atoms with Gasteiger partial charge >= 0.3 is 5.97 Å². The molecular weight excluding hydrogens is 346 g/mol. The number of imide groups is 1. The number of rotatable bonds is 15. The number of hydroxylamine groups is 2. The Kier molecular flexibility index (Phi) is 12.1. The maximum Gasteiger partial charge on any atom is 0.335 e. The topological polar surface area (TPSA) is 101 Å². The Hall–Kier alpha value is -1.99. The predicted octanol–water partition coefficient (Wildman–Crippen LogP) is 0.0734. The Morgan fingerprint density at radius 2 is 1.31 bits per heavy atom. The minimum absolute atomic E-state index is 0.0557. The Morgan fingerprint density at radius 1 is 0.846 bits per heavy atom. The number of hydrogen-bond acceptors (Lipinski definition) is 8. The van der Waals surface area contributed by atoms with Crippen molar-refractivity contribution < 1.29 is 38.2 Å². The van der Waals surface area contributed by atoms with E-state index in [0.717, 1.165) is 0 Å². The van der Waals surface area contributed by atoms with Gasteiger partial charge in [0.1, 0.15) is 0 Å². The van der Waals surface area contributed by atoms with Crippen molar-refractivity contribution >= 4 is 17.8 Å². The van der Waals surface area contributed by atoms with Gasteiger partial charge in [-0.15, -0.1) is 17.4 Å². The highest BCUT2D eigenvalue weighted by Crippen LogP contribution is 2.12. The number of carbonyl (C=O) groups is 3. The zero-order valence-electron chi connectivity index (χ0n) is 14.8. The molecule has 0 unspecified atom stereocenters. The van der Waals surface area contributed by atoms with Crippen LogP contribution in [0.3, 0.4) is 0 Å². The van der Waals surface area contributed by atoms with E-state index in [1.165, 1.54) is 0 Å². The number of ether oxygens (including phenoxy) is 4. The van der Waals surface area contributed by atoms with Gasteiger partial charge in [-0.05, 0) is 0 Å². The smallest absolute Gasteiger partial charge is 0.335 e. The molecule has 1 saturated heterocycles. The van der Waals surface area contributed by atoms with E-state index in [0.29, 0.717) is 57.7 Å². The fourth-order valence-electron chi connectivity index (χ4n) is 1.85. The van der Waals surface area contributed by atoms with Crippen LogP contribution in [0, 0.1) is 12.3 Å². The molecule has 0 aromatic rings. The molecule has 2 amide bonds. The summed E-state index contributed by atoms with van der Waals surface area (Å²) in [6.07, 6.45) is 5.77. The van der Waals surface area contributed by atoms with E-state index in [4.69, 9.17) is 30.2 Å². The third kappa shape index (κ3) is 10.1. The molecule has 0 N–H and O–H groups in total. The van der Waals surface area contributed by atoms with Gasteiger partial charge in [-0.1, -0.05) is 0 Å². The molecule has 0 aromatic heterocycles. The van der Waals surface area contributed by atoms with Crippen LogP contribution >= 0.6 is 0 Å². The second-order valence-electron chi connectivity index (χ2n) is 5.20. The van der Waals surface area contributed by atoms with Gasteiger partial charge in [0.05, 0.1) is 59.3 Å². The van der Waals surface area contributed by atoms with Gasteiger partial charge in [-0.2, -0.15) is 0 Å². The first kappa shape index (κ1) is 22.1. The zero-order valence-corrected chi connectivity index (χ0v) is 14.8. The first-order valence-electron chi connectivity index (χ1n) is 8.46. The number of amides is 2.